The molecule has 0 bridgehead atoms. The van der Waals surface area contributed by atoms with Crippen LogP contribution in [0.4, 0.5) is 0 Å². The Morgan fingerprint density at radius 1 is 1.31 bits per heavy atom. The van der Waals surface area contributed by atoms with Crippen LogP contribution >= 0.6 is 0 Å². The number of ether oxygens (including phenoxy) is 2. The number of aromatic nitrogens is 2. The molecule has 4 nitrogen and oxygen atoms in total. The van der Waals surface area contributed by atoms with Crippen molar-refractivity contribution in [2.45, 2.75) is 26.0 Å². The molecule has 4 aliphatic heterocycles. The number of hydrogen-bond acceptors (Lipinski definition) is 3. The van der Waals surface area contributed by atoms with Crippen LogP contribution in [0.3, 0.4) is 0 Å². The summed E-state index contributed by atoms with van der Waals surface area (Å²) in [4.78, 5) is 4.95. The predicted octanol–water partition coefficient (Wildman–Crippen LogP) is 4.39. The van der Waals surface area contributed by atoms with Crippen LogP contribution in [0.5, 0.6) is 0 Å². The van der Waals surface area contributed by atoms with E-state index in [1.54, 1.807) is 7.11 Å². The number of fused-ring (bicyclic) bond motifs is 6. The van der Waals surface area contributed by atoms with Gasteiger partial charge < -0.3 is 14.0 Å². The van der Waals surface area contributed by atoms with Crippen molar-refractivity contribution in [2.75, 3.05) is 7.11 Å². The lowest BCUT2D eigenvalue weighted by Crippen LogP contribution is -2.41. The van der Waals surface area contributed by atoms with E-state index < -0.39 is 0 Å². The highest BCUT2D eigenvalue weighted by Crippen LogP contribution is 2.43. The molecule has 1 aromatic carbocycles. The summed E-state index contributed by atoms with van der Waals surface area (Å²) in [5.41, 5.74) is 5.80. The Balaban J connectivity index is 1.66. The van der Waals surface area contributed by atoms with Gasteiger partial charge in [0.2, 0.25) is 0 Å². The van der Waals surface area contributed by atoms with E-state index in [-0.39, 0.29) is 6.10 Å². The molecule has 5 rings (SSSR count). The van der Waals surface area contributed by atoms with Crippen LogP contribution in [0.15, 0.2) is 60.7 Å². The van der Waals surface area contributed by atoms with Crippen molar-refractivity contribution in [1.29, 1.82) is 0 Å². The number of nitrogens with zero attached hydrogens (tertiary/aromatic N) is 2. The van der Waals surface area contributed by atoms with Crippen molar-refractivity contribution in [3.63, 3.8) is 0 Å². The second-order valence-electron chi connectivity index (χ2n) is 7.32. The Bertz CT molecular complexity index is 1020. The Kier molecular flexibility index (Phi) is 3.36. The highest BCUT2D eigenvalue weighted by Gasteiger charge is 2.40. The van der Waals surface area contributed by atoms with Crippen molar-refractivity contribution in [3.8, 4) is 11.3 Å². The molecular weight excluding hydrogens is 324 g/mol. The summed E-state index contributed by atoms with van der Waals surface area (Å²) in [6.45, 7) is 7.15. The zero-order valence-electron chi connectivity index (χ0n) is 15.1. The van der Waals surface area contributed by atoms with Crippen molar-refractivity contribution in [1.82, 2.24) is 9.55 Å². The van der Waals surface area contributed by atoms with Gasteiger partial charge in [0.15, 0.2) is 0 Å². The van der Waals surface area contributed by atoms with Gasteiger partial charge in [-0.2, -0.15) is 0 Å². The summed E-state index contributed by atoms with van der Waals surface area (Å²) in [6.07, 6.45) is 5.16. The van der Waals surface area contributed by atoms with Crippen LogP contribution in [-0.4, -0.2) is 22.8 Å². The predicted molar refractivity (Wildman–Crippen MR) is 102 cm³/mol. The lowest BCUT2D eigenvalue weighted by Gasteiger charge is -2.42. The first kappa shape index (κ1) is 15.5. The summed E-state index contributed by atoms with van der Waals surface area (Å²) in [5.74, 6) is 1.45. The molecule has 4 aliphatic rings. The molecule has 0 aliphatic carbocycles. The van der Waals surface area contributed by atoms with Crippen LogP contribution in [-0.2, 0) is 22.4 Å². The van der Waals surface area contributed by atoms with Gasteiger partial charge in [0.1, 0.15) is 11.9 Å². The van der Waals surface area contributed by atoms with Gasteiger partial charge in [-0.3, -0.25) is 0 Å². The van der Waals surface area contributed by atoms with E-state index in [0.717, 1.165) is 29.7 Å². The van der Waals surface area contributed by atoms with Crippen LogP contribution in [0.2, 0.25) is 0 Å². The van der Waals surface area contributed by atoms with Gasteiger partial charge in [0, 0.05) is 46.8 Å². The minimum absolute atomic E-state index is 0.177. The van der Waals surface area contributed by atoms with Crippen LogP contribution < -0.4 is 0 Å². The smallest absolute Gasteiger partial charge is 0.118 e. The first-order valence-corrected chi connectivity index (χ1v) is 9.12. The number of pyridine rings is 1. The number of allylic oxidation sites excluding steroid dienone is 1. The SMILES string of the molecule is C=C(OC)C1=CO[C@@H](C)[C@@H]2Cn3ccc4c5ccccc5nc-4c3C[C@H]12. The molecule has 3 atom stereocenters. The summed E-state index contributed by atoms with van der Waals surface area (Å²) < 4.78 is 13.7. The molecular formula is C22H22N2O2. The molecule has 26 heavy (non-hydrogen) atoms. The fourth-order valence-corrected chi connectivity index (χ4v) is 4.56. The third-order valence-electron chi connectivity index (χ3n) is 6.04. The topological polar surface area (TPSA) is 36.3 Å². The van der Waals surface area contributed by atoms with E-state index in [1.807, 2.05) is 12.3 Å². The van der Waals surface area contributed by atoms with E-state index in [4.69, 9.17) is 14.5 Å². The Morgan fingerprint density at radius 3 is 3.00 bits per heavy atom. The van der Waals surface area contributed by atoms with Crippen molar-refractivity contribution < 1.29 is 9.47 Å². The number of rotatable bonds is 2. The van der Waals surface area contributed by atoms with E-state index in [2.05, 4.69) is 48.5 Å². The van der Waals surface area contributed by atoms with E-state index >= 15 is 0 Å². The number of para-hydroxylation sites is 1. The molecule has 0 fully saturated rings. The zero-order chi connectivity index (χ0) is 17.8. The van der Waals surface area contributed by atoms with E-state index in [0.29, 0.717) is 17.6 Å². The maximum Gasteiger partial charge on any atom is 0.118 e. The molecule has 0 N–H and O–H groups in total. The fourth-order valence-electron chi connectivity index (χ4n) is 4.56. The van der Waals surface area contributed by atoms with Crippen molar-refractivity contribution >= 4 is 10.9 Å². The largest absolute Gasteiger partial charge is 0.498 e. The second-order valence-corrected chi connectivity index (χ2v) is 7.32. The highest BCUT2D eigenvalue weighted by molar-refractivity contribution is 5.97. The third kappa shape index (κ3) is 2.11. The van der Waals surface area contributed by atoms with Crippen LogP contribution in [0.25, 0.3) is 22.2 Å². The first-order chi connectivity index (χ1) is 12.7. The van der Waals surface area contributed by atoms with Crippen LogP contribution in [0.1, 0.15) is 12.6 Å². The molecule has 4 heteroatoms. The van der Waals surface area contributed by atoms with Crippen molar-refractivity contribution in [2.24, 2.45) is 11.8 Å². The van der Waals surface area contributed by atoms with Gasteiger partial charge in [-0.1, -0.05) is 24.8 Å². The monoisotopic (exact) mass is 346 g/mol. The number of benzene rings is 1. The highest BCUT2D eigenvalue weighted by atomic mass is 16.5. The molecule has 132 valence electrons. The zero-order valence-corrected chi connectivity index (χ0v) is 15.1. The summed E-state index contributed by atoms with van der Waals surface area (Å²) in [7, 11) is 1.67. The minimum Gasteiger partial charge on any atom is -0.498 e. The summed E-state index contributed by atoms with van der Waals surface area (Å²) in [6, 6.07) is 10.6. The number of hydrogen-bond donors (Lipinski definition) is 0. The standard InChI is InChI=1S/C22H22N2O2/c1-13(25-3)19-12-26-14(2)18-11-24-9-8-16-15-6-4-5-7-20(15)23-22(16)21(24)10-17(18)19/h4-9,12,14,17-18H,1,10-11H2,2-3H3/t14-,17-,18-/m0/s1. The van der Waals surface area contributed by atoms with Gasteiger partial charge in [0.05, 0.1) is 24.6 Å². The minimum atomic E-state index is 0.177. The molecule has 0 amide bonds. The molecule has 0 spiro atoms. The summed E-state index contributed by atoms with van der Waals surface area (Å²) in [5, 5.41) is 1.23. The van der Waals surface area contributed by atoms with Gasteiger partial charge >= 0.3 is 0 Å². The molecule has 0 radical (unpaired) electrons. The normalized spacial score (nSPS) is 24.5. The molecule has 0 unspecified atom stereocenters. The molecule has 0 saturated heterocycles. The summed E-state index contributed by atoms with van der Waals surface area (Å²) >= 11 is 0. The van der Waals surface area contributed by atoms with Gasteiger partial charge in [-0.25, -0.2) is 4.98 Å². The first-order valence-electron chi connectivity index (χ1n) is 9.12. The Labute approximate surface area is 153 Å². The van der Waals surface area contributed by atoms with Crippen molar-refractivity contribution in [3.05, 3.63) is 66.4 Å². The van der Waals surface area contributed by atoms with Gasteiger partial charge in [0.25, 0.3) is 0 Å². The molecule has 0 aromatic heterocycles. The Hall–Kier alpha value is -2.75. The van der Waals surface area contributed by atoms with Gasteiger partial charge in [-0.15, -0.1) is 0 Å². The second kappa shape index (κ2) is 5.63. The van der Waals surface area contributed by atoms with E-state index in [9.17, 15) is 0 Å². The molecule has 4 heterocycles. The number of methoxy groups -OCH3 is 1. The lowest BCUT2D eigenvalue weighted by atomic mass is 9.75. The fraction of sp³-hybridized carbons (Fsp3) is 0.318. The third-order valence-corrected chi connectivity index (χ3v) is 6.04. The van der Waals surface area contributed by atoms with E-state index in [1.165, 1.54) is 16.6 Å². The van der Waals surface area contributed by atoms with Gasteiger partial charge in [-0.05, 0) is 25.5 Å². The Morgan fingerprint density at radius 2 is 2.15 bits per heavy atom. The molecule has 0 saturated carbocycles. The quantitative estimate of drug-likeness (QED) is 0.646. The lowest BCUT2D eigenvalue weighted by molar-refractivity contribution is 0.0328. The van der Waals surface area contributed by atoms with Crippen LogP contribution in [0, 0.1) is 11.8 Å². The maximum atomic E-state index is 5.90. The molecule has 1 aromatic rings. The average molecular weight is 346 g/mol. The average Bonchev–Trinajstić information content (AvgIpc) is 3.06. The maximum absolute atomic E-state index is 5.90.